The van der Waals surface area contributed by atoms with E-state index in [9.17, 15) is 9.50 Å². The molecule has 0 bridgehead atoms. The standard InChI is InChI=1S/C18H23FN2O2/c1-2-3-4-5-6-7-10-23-15-12-20-18(21-13-15)14-8-9-17(22)16(19)11-14/h8-9,11-13,22H,2-7,10H2,1H3. The maximum absolute atomic E-state index is 13.3. The van der Waals surface area contributed by atoms with Gasteiger partial charge in [0.05, 0.1) is 19.0 Å². The monoisotopic (exact) mass is 318 g/mol. The van der Waals surface area contributed by atoms with E-state index in [0.717, 1.165) is 6.42 Å². The fraction of sp³-hybridized carbons (Fsp3) is 0.444. The van der Waals surface area contributed by atoms with Crippen molar-refractivity contribution in [1.29, 1.82) is 0 Å². The molecule has 5 heteroatoms. The predicted octanol–water partition coefficient (Wildman–Crippen LogP) is 4.73. The molecule has 0 saturated carbocycles. The third kappa shape index (κ3) is 5.51. The van der Waals surface area contributed by atoms with Crippen LogP contribution in [-0.4, -0.2) is 21.7 Å². The Bertz CT molecular complexity index is 602. The molecule has 23 heavy (non-hydrogen) atoms. The van der Waals surface area contributed by atoms with Gasteiger partial charge in [0.2, 0.25) is 0 Å². The number of benzene rings is 1. The van der Waals surface area contributed by atoms with E-state index in [2.05, 4.69) is 16.9 Å². The van der Waals surface area contributed by atoms with E-state index in [1.165, 1.54) is 44.2 Å². The normalized spacial score (nSPS) is 10.7. The van der Waals surface area contributed by atoms with Gasteiger partial charge in [0.25, 0.3) is 0 Å². The fourth-order valence-electron chi connectivity index (χ4n) is 2.26. The molecule has 4 nitrogen and oxygen atoms in total. The lowest BCUT2D eigenvalue weighted by atomic mass is 10.1. The summed E-state index contributed by atoms with van der Waals surface area (Å²) >= 11 is 0. The molecule has 0 aliphatic rings. The molecule has 1 N–H and O–H groups in total. The van der Waals surface area contributed by atoms with Crippen LogP contribution in [0.15, 0.2) is 30.6 Å². The summed E-state index contributed by atoms with van der Waals surface area (Å²) in [5, 5.41) is 9.19. The Balaban J connectivity index is 1.79. The fourth-order valence-corrected chi connectivity index (χ4v) is 2.26. The second-order valence-electron chi connectivity index (χ2n) is 5.52. The first-order valence-electron chi connectivity index (χ1n) is 8.14. The number of unbranched alkanes of at least 4 members (excludes halogenated alkanes) is 5. The van der Waals surface area contributed by atoms with Crippen molar-refractivity contribution >= 4 is 0 Å². The molecular weight excluding hydrogens is 295 g/mol. The number of nitrogens with zero attached hydrogens (tertiary/aromatic N) is 2. The molecule has 0 aliphatic heterocycles. The molecule has 2 aromatic rings. The van der Waals surface area contributed by atoms with E-state index in [0.29, 0.717) is 23.7 Å². The minimum Gasteiger partial charge on any atom is -0.505 e. The highest BCUT2D eigenvalue weighted by Gasteiger charge is 2.06. The smallest absolute Gasteiger partial charge is 0.165 e. The van der Waals surface area contributed by atoms with E-state index in [1.807, 2.05) is 0 Å². The summed E-state index contributed by atoms with van der Waals surface area (Å²) in [5.41, 5.74) is 0.516. The lowest BCUT2D eigenvalue weighted by Gasteiger charge is -2.06. The van der Waals surface area contributed by atoms with Crippen LogP contribution in [0.5, 0.6) is 11.5 Å². The molecule has 0 amide bonds. The third-order valence-corrected chi connectivity index (χ3v) is 3.60. The SMILES string of the molecule is CCCCCCCCOc1cnc(-c2ccc(O)c(F)c2)nc1. The highest BCUT2D eigenvalue weighted by atomic mass is 19.1. The second-order valence-corrected chi connectivity index (χ2v) is 5.52. The maximum Gasteiger partial charge on any atom is 0.165 e. The summed E-state index contributed by atoms with van der Waals surface area (Å²) in [6.07, 6.45) is 10.5. The summed E-state index contributed by atoms with van der Waals surface area (Å²) in [6.45, 7) is 2.86. The van der Waals surface area contributed by atoms with E-state index in [4.69, 9.17) is 4.74 Å². The number of halogens is 1. The number of phenolic OH excluding ortho intramolecular Hbond substituents is 1. The summed E-state index contributed by atoms with van der Waals surface area (Å²) in [6, 6.07) is 4.07. The van der Waals surface area contributed by atoms with Crippen molar-refractivity contribution in [2.24, 2.45) is 0 Å². The molecular formula is C18H23FN2O2. The average Bonchev–Trinajstić information content (AvgIpc) is 2.57. The van der Waals surface area contributed by atoms with Crippen molar-refractivity contribution < 1.29 is 14.2 Å². The van der Waals surface area contributed by atoms with Gasteiger partial charge in [-0.25, -0.2) is 14.4 Å². The lowest BCUT2D eigenvalue weighted by molar-refractivity contribution is 0.302. The van der Waals surface area contributed by atoms with E-state index >= 15 is 0 Å². The van der Waals surface area contributed by atoms with Crippen LogP contribution in [0.1, 0.15) is 45.4 Å². The van der Waals surface area contributed by atoms with Crippen molar-refractivity contribution in [3.05, 3.63) is 36.4 Å². The van der Waals surface area contributed by atoms with Crippen molar-refractivity contribution in [3.63, 3.8) is 0 Å². The molecule has 0 aliphatic carbocycles. The van der Waals surface area contributed by atoms with Crippen LogP contribution in [0.3, 0.4) is 0 Å². The molecule has 1 heterocycles. The van der Waals surface area contributed by atoms with Gasteiger partial charge in [0, 0.05) is 5.56 Å². The number of hydrogen-bond acceptors (Lipinski definition) is 4. The van der Waals surface area contributed by atoms with Gasteiger partial charge in [-0.3, -0.25) is 0 Å². The van der Waals surface area contributed by atoms with E-state index in [1.54, 1.807) is 18.5 Å². The van der Waals surface area contributed by atoms with Gasteiger partial charge >= 0.3 is 0 Å². The molecule has 1 aromatic heterocycles. The van der Waals surface area contributed by atoms with Gasteiger partial charge < -0.3 is 9.84 Å². The van der Waals surface area contributed by atoms with Gasteiger partial charge in [0.1, 0.15) is 0 Å². The Kier molecular flexibility index (Phi) is 6.78. The van der Waals surface area contributed by atoms with Gasteiger partial charge in [-0.05, 0) is 24.6 Å². The zero-order valence-electron chi connectivity index (χ0n) is 13.5. The third-order valence-electron chi connectivity index (χ3n) is 3.60. The Labute approximate surface area is 136 Å². The largest absolute Gasteiger partial charge is 0.505 e. The topological polar surface area (TPSA) is 55.2 Å². The highest BCUT2D eigenvalue weighted by molar-refractivity contribution is 5.56. The summed E-state index contributed by atoms with van der Waals surface area (Å²) < 4.78 is 18.9. The van der Waals surface area contributed by atoms with Crippen molar-refractivity contribution in [3.8, 4) is 22.9 Å². The summed E-state index contributed by atoms with van der Waals surface area (Å²) in [4.78, 5) is 8.35. The molecule has 124 valence electrons. The van der Waals surface area contributed by atoms with Crippen LogP contribution in [0.4, 0.5) is 4.39 Å². The van der Waals surface area contributed by atoms with Gasteiger partial charge in [0.15, 0.2) is 23.1 Å². The Morgan fingerprint density at radius 2 is 1.74 bits per heavy atom. The molecule has 0 saturated heterocycles. The van der Waals surface area contributed by atoms with Crippen LogP contribution in [-0.2, 0) is 0 Å². The van der Waals surface area contributed by atoms with Gasteiger partial charge in [-0.1, -0.05) is 39.0 Å². The number of phenols is 1. The van der Waals surface area contributed by atoms with Crippen LogP contribution < -0.4 is 4.74 Å². The van der Waals surface area contributed by atoms with Crippen LogP contribution in [0.25, 0.3) is 11.4 Å². The molecule has 0 radical (unpaired) electrons. The minimum atomic E-state index is -0.686. The zero-order chi connectivity index (χ0) is 16.5. The minimum absolute atomic E-state index is 0.382. The molecule has 2 rings (SSSR count). The van der Waals surface area contributed by atoms with Gasteiger partial charge in [-0.15, -0.1) is 0 Å². The predicted molar refractivity (Wildman–Crippen MR) is 88.0 cm³/mol. The van der Waals surface area contributed by atoms with Crippen LogP contribution >= 0.6 is 0 Å². The Morgan fingerprint density at radius 1 is 1.04 bits per heavy atom. The molecule has 0 unspecified atom stereocenters. The molecule has 0 fully saturated rings. The molecule has 1 aromatic carbocycles. The number of aromatic hydroxyl groups is 1. The van der Waals surface area contributed by atoms with Crippen molar-refractivity contribution in [2.75, 3.05) is 6.61 Å². The number of hydrogen-bond donors (Lipinski definition) is 1. The maximum atomic E-state index is 13.3. The average molecular weight is 318 g/mol. The quantitative estimate of drug-likeness (QED) is 0.679. The van der Waals surface area contributed by atoms with Crippen molar-refractivity contribution in [2.45, 2.75) is 45.4 Å². The van der Waals surface area contributed by atoms with Crippen LogP contribution in [0, 0.1) is 5.82 Å². The van der Waals surface area contributed by atoms with Crippen molar-refractivity contribution in [1.82, 2.24) is 9.97 Å². The van der Waals surface area contributed by atoms with E-state index < -0.39 is 5.82 Å². The highest BCUT2D eigenvalue weighted by Crippen LogP contribution is 2.22. The first kappa shape index (κ1) is 17.2. The number of rotatable bonds is 9. The zero-order valence-corrected chi connectivity index (χ0v) is 13.5. The lowest BCUT2D eigenvalue weighted by Crippen LogP contribution is -1.99. The Morgan fingerprint density at radius 3 is 2.43 bits per heavy atom. The second kappa shape index (κ2) is 9.08. The van der Waals surface area contributed by atoms with E-state index in [-0.39, 0.29) is 5.75 Å². The summed E-state index contributed by atoms with van der Waals surface area (Å²) in [7, 11) is 0. The Hall–Kier alpha value is -2.17. The summed E-state index contributed by atoms with van der Waals surface area (Å²) in [5.74, 6) is -0.0560. The number of aromatic nitrogens is 2. The first-order chi connectivity index (χ1) is 11.2. The number of ether oxygens (including phenoxy) is 1. The first-order valence-corrected chi connectivity index (χ1v) is 8.14. The molecule has 0 atom stereocenters. The van der Waals surface area contributed by atoms with Crippen LogP contribution in [0.2, 0.25) is 0 Å². The van der Waals surface area contributed by atoms with Gasteiger partial charge in [-0.2, -0.15) is 0 Å². The molecule has 0 spiro atoms.